The Kier molecular flexibility index (Phi) is 6.29. The number of anilines is 2. The third kappa shape index (κ3) is 4.62. The lowest BCUT2D eigenvalue weighted by Crippen LogP contribution is -2.41. The Balaban J connectivity index is 1.43. The molecule has 1 unspecified atom stereocenters. The van der Waals surface area contributed by atoms with Gasteiger partial charge in [-0.25, -0.2) is 0 Å². The Bertz CT molecular complexity index is 1000. The summed E-state index contributed by atoms with van der Waals surface area (Å²) in [5.74, 6) is 0.812. The number of nitrogens with zero attached hydrogens (tertiary/aromatic N) is 3. The van der Waals surface area contributed by atoms with Gasteiger partial charge in [0.15, 0.2) is 5.82 Å². The molecule has 1 fully saturated rings. The van der Waals surface area contributed by atoms with Gasteiger partial charge in [0, 0.05) is 29.4 Å². The topological polar surface area (TPSA) is 58.1 Å². The smallest absolute Gasteiger partial charge is 0.229 e. The van der Waals surface area contributed by atoms with E-state index in [0.29, 0.717) is 11.6 Å². The molecule has 1 saturated heterocycles. The number of para-hydroxylation sites is 1. The van der Waals surface area contributed by atoms with E-state index in [9.17, 15) is 4.79 Å². The number of hydrogen-bond donors (Lipinski definition) is 1. The Morgan fingerprint density at radius 1 is 1.10 bits per heavy atom. The molecule has 2 heterocycles. The van der Waals surface area contributed by atoms with Gasteiger partial charge in [0.1, 0.15) is 0 Å². The monoisotopic (exact) mass is 420 g/mol. The van der Waals surface area contributed by atoms with Crippen molar-refractivity contribution < 1.29 is 4.79 Å². The van der Waals surface area contributed by atoms with Crippen LogP contribution in [0.1, 0.15) is 25.3 Å². The van der Waals surface area contributed by atoms with Crippen LogP contribution in [0.15, 0.2) is 60.7 Å². The van der Waals surface area contributed by atoms with Crippen LogP contribution in [-0.2, 0) is 11.2 Å². The van der Waals surface area contributed by atoms with Crippen molar-refractivity contribution in [1.29, 1.82) is 0 Å². The van der Waals surface area contributed by atoms with Crippen molar-refractivity contribution in [3.05, 3.63) is 71.2 Å². The van der Waals surface area contributed by atoms with Crippen molar-refractivity contribution in [2.24, 2.45) is 5.92 Å². The number of carbonyl (C=O) groups is 1. The van der Waals surface area contributed by atoms with E-state index in [1.807, 2.05) is 54.6 Å². The third-order valence-electron chi connectivity index (χ3n) is 5.56. The van der Waals surface area contributed by atoms with Crippen LogP contribution in [0.5, 0.6) is 0 Å². The fourth-order valence-electron chi connectivity index (χ4n) is 3.85. The first-order chi connectivity index (χ1) is 14.6. The first-order valence-electron chi connectivity index (χ1n) is 10.4. The number of aryl methyl sites for hydroxylation is 1. The summed E-state index contributed by atoms with van der Waals surface area (Å²) in [7, 11) is 0. The minimum Gasteiger partial charge on any atom is -0.354 e. The maximum Gasteiger partial charge on any atom is 0.229 e. The van der Waals surface area contributed by atoms with Crippen LogP contribution in [0.2, 0.25) is 5.02 Å². The summed E-state index contributed by atoms with van der Waals surface area (Å²) in [6, 6.07) is 19.5. The Hall–Kier alpha value is -2.92. The summed E-state index contributed by atoms with van der Waals surface area (Å²) in [6.07, 6.45) is 2.73. The average molecular weight is 421 g/mol. The van der Waals surface area contributed by atoms with Gasteiger partial charge in [0.25, 0.3) is 0 Å². The second-order valence-corrected chi connectivity index (χ2v) is 8.01. The highest BCUT2D eigenvalue weighted by molar-refractivity contribution is 6.30. The van der Waals surface area contributed by atoms with Crippen LogP contribution in [0.4, 0.5) is 11.5 Å². The standard InChI is InChI=1S/C24H25ClN4O/c1-2-17-6-3-4-8-21(17)26-24(30)19-7-5-15-29(16-19)23-14-13-22(27-28-23)18-9-11-20(25)12-10-18/h3-4,6,8-14,19H,2,5,7,15-16H2,1H3,(H,26,30). The van der Waals surface area contributed by atoms with Crippen molar-refractivity contribution in [3.63, 3.8) is 0 Å². The summed E-state index contributed by atoms with van der Waals surface area (Å²) >= 11 is 5.96. The van der Waals surface area contributed by atoms with Crippen LogP contribution in [0.3, 0.4) is 0 Å². The van der Waals surface area contributed by atoms with E-state index in [0.717, 1.165) is 54.1 Å². The summed E-state index contributed by atoms with van der Waals surface area (Å²) in [5.41, 5.74) is 3.85. The maximum atomic E-state index is 12.9. The molecule has 0 radical (unpaired) electrons. The molecule has 1 aliphatic heterocycles. The van der Waals surface area contributed by atoms with E-state index >= 15 is 0 Å². The molecule has 0 spiro atoms. The maximum absolute atomic E-state index is 12.9. The van der Waals surface area contributed by atoms with Crippen LogP contribution in [-0.4, -0.2) is 29.2 Å². The van der Waals surface area contributed by atoms with Gasteiger partial charge in [-0.2, -0.15) is 0 Å². The predicted molar refractivity (Wildman–Crippen MR) is 122 cm³/mol. The van der Waals surface area contributed by atoms with E-state index in [1.165, 1.54) is 0 Å². The zero-order chi connectivity index (χ0) is 20.9. The molecular formula is C24H25ClN4O. The van der Waals surface area contributed by atoms with Gasteiger partial charge in [0.05, 0.1) is 11.6 Å². The fraction of sp³-hybridized carbons (Fsp3) is 0.292. The fourth-order valence-corrected chi connectivity index (χ4v) is 3.98. The number of nitrogens with one attached hydrogen (secondary N) is 1. The molecule has 1 aromatic heterocycles. The highest BCUT2D eigenvalue weighted by Gasteiger charge is 2.27. The second kappa shape index (κ2) is 9.26. The van der Waals surface area contributed by atoms with Crippen LogP contribution < -0.4 is 10.2 Å². The van der Waals surface area contributed by atoms with Crippen molar-refractivity contribution in [1.82, 2.24) is 10.2 Å². The molecule has 2 aromatic carbocycles. The van der Waals surface area contributed by atoms with E-state index in [-0.39, 0.29) is 11.8 Å². The molecule has 0 aliphatic carbocycles. The first-order valence-corrected chi connectivity index (χ1v) is 10.7. The zero-order valence-corrected chi connectivity index (χ0v) is 17.8. The molecule has 5 nitrogen and oxygen atoms in total. The predicted octanol–water partition coefficient (Wildman–Crippen LogP) is 5.21. The summed E-state index contributed by atoms with van der Waals surface area (Å²) in [4.78, 5) is 15.0. The van der Waals surface area contributed by atoms with Gasteiger partial charge < -0.3 is 10.2 Å². The SMILES string of the molecule is CCc1ccccc1NC(=O)C1CCCN(c2ccc(-c3ccc(Cl)cc3)nn2)C1. The highest BCUT2D eigenvalue weighted by Crippen LogP contribution is 2.25. The number of benzene rings is 2. The zero-order valence-electron chi connectivity index (χ0n) is 17.0. The van der Waals surface area contributed by atoms with E-state index in [4.69, 9.17) is 11.6 Å². The number of rotatable bonds is 5. The van der Waals surface area contributed by atoms with Gasteiger partial charge in [-0.3, -0.25) is 4.79 Å². The molecule has 154 valence electrons. The van der Waals surface area contributed by atoms with Crippen molar-refractivity contribution in [2.75, 3.05) is 23.3 Å². The number of hydrogen-bond acceptors (Lipinski definition) is 4. The van der Waals surface area contributed by atoms with E-state index in [2.05, 4.69) is 33.4 Å². The molecule has 6 heteroatoms. The van der Waals surface area contributed by atoms with E-state index < -0.39 is 0 Å². The number of carbonyl (C=O) groups excluding carboxylic acids is 1. The first kappa shape index (κ1) is 20.4. The quantitative estimate of drug-likeness (QED) is 0.615. The highest BCUT2D eigenvalue weighted by atomic mass is 35.5. The third-order valence-corrected chi connectivity index (χ3v) is 5.81. The van der Waals surface area contributed by atoms with Gasteiger partial charge in [0.2, 0.25) is 5.91 Å². The number of amides is 1. The minimum absolute atomic E-state index is 0.0681. The Labute approximate surface area is 182 Å². The molecule has 1 N–H and O–H groups in total. The van der Waals surface area contributed by atoms with E-state index in [1.54, 1.807) is 0 Å². The van der Waals surface area contributed by atoms with Crippen molar-refractivity contribution in [2.45, 2.75) is 26.2 Å². The van der Waals surface area contributed by atoms with Crippen molar-refractivity contribution >= 4 is 29.0 Å². The second-order valence-electron chi connectivity index (χ2n) is 7.57. The lowest BCUT2D eigenvalue weighted by Gasteiger charge is -2.32. The summed E-state index contributed by atoms with van der Waals surface area (Å²) in [5, 5.41) is 12.6. The van der Waals surface area contributed by atoms with Gasteiger partial charge in [-0.1, -0.05) is 48.9 Å². The lowest BCUT2D eigenvalue weighted by atomic mass is 9.96. The summed E-state index contributed by atoms with van der Waals surface area (Å²) in [6.45, 7) is 3.62. The van der Waals surface area contributed by atoms with Gasteiger partial charge in [-0.05, 0) is 55.2 Å². The molecule has 3 aromatic rings. The Morgan fingerprint density at radius 3 is 2.63 bits per heavy atom. The van der Waals surface area contributed by atoms with Crippen LogP contribution >= 0.6 is 11.6 Å². The number of piperidine rings is 1. The average Bonchev–Trinajstić information content (AvgIpc) is 2.80. The minimum atomic E-state index is -0.0681. The normalized spacial score (nSPS) is 16.3. The molecule has 30 heavy (non-hydrogen) atoms. The number of aromatic nitrogens is 2. The van der Waals surface area contributed by atoms with Crippen LogP contribution in [0, 0.1) is 5.92 Å². The lowest BCUT2D eigenvalue weighted by molar-refractivity contribution is -0.120. The Morgan fingerprint density at radius 2 is 1.90 bits per heavy atom. The molecule has 4 rings (SSSR count). The van der Waals surface area contributed by atoms with Gasteiger partial charge >= 0.3 is 0 Å². The summed E-state index contributed by atoms with van der Waals surface area (Å²) < 4.78 is 0. The molecule has 0 bridgehead atoms. The molecule has 1 amide bonds. The van der Waals surface area contributed by atoms with Gasteiger partial charge in [-0.15, -0.1) is 10.2 Å². The molecule has 1 atom stereocenters. The largest absolute Gasteiger partial charge is 0.354 e. The van der Waals surface area contributed by atoms with Crippen molar-refractivity contribution in [3.8, 4) is 11.3 Å². The number of halogens is 1. The van der Waals surface area contributed by atoms with Crippen LogP contribution in [0.25, 0.3) is 11.3 Å². The molecule has 0 saturated carbocycles. The molecule has 1 aliphatic rings. The molecular weight excluding hydrogens is 396 g/mol.